The molecule has 1 aliphatic rings. The standard InChI is InChI=1S/C25H21BrN2O2S/c1-17-10-12-20(13-11-17)31(29,30)28-16-19-15-21-22(26)8-5-9-23(21)27-25(19)24(28)14-18-6-3-2-4-7-18/h2-13,15,24H,14,16H2,1H3. The van der Waals surface area contributed by atoms with E-state index in [1.807, 2.05) is 67.6 Å². The second kappa shape index (κ2) is 7.86. The van der Waals surface area contributed by atoms with Crippen molar-refractivity contribution in [1.82, 2.24) is 9.29 Å². The maximum atomic E-state index is 13.7. The molecule has 31 heavy (non-hydrogen) atoms. The number of rotatable bonds is 4. The van der Waals surface area contributed by atoms with Gasteiger partial charge in [0.15, 0.2) is 0 Å². The Bertz CT molecular complexity index is 1370. The molecule has 5 rings (SSSR count). The number of hydrogen-bond donors (Lipinski definition) is 0. The molecule has 0 saturated carbocycles. The normalized spacial score (nSPS) is 16.5. The van der Waals surface area contributed by atoms with Gasteiger partial charge in [-0.15, -0.1) is 0 Å². The minimum absolute atomic E-state index is 0.313. The first-order chi connectivity index (χ1) is 14.9. The summed E-state index contributed by atoms with van der Waals surface area (Å²) in [6, 6.07) is 24.7. The van der Waals surface area contributed by atoms with E-state index in [0.29, 0.717) is 17.9 Å². The number of sulfonamides is 1. The minimum Gasteiger partial charge on any atom is -0.251 e. The number of pyridine rings is 1. The van der Waals surface area contributed by atoms with E-state index < -0.39 is 10.0 Å². The van der Waals surface area contributed by atoms with Crippen LogP contribution in [0.1, 0.15) is 28.4 Å². The Balaban J connectivity index is 1.65. The number of hydrogen-bond acceptors (Lipinski definition) is 3. The first kappa shape index (κ1) is 20.4. The lowest BCUT2D eigenvalue weighted by Crippen LogP contribution is -2.31. The lowest BCUT2D eigenvalue weighted by molar-refractivity contribution is 0.345. The second-order valence-electron chi connectivity index (χ2n) is 7.91. The van der Waals surface area contributed by atoms with Crippen LogP contribution < -0.4 is 0 Å². The fourth-order valence-electron chi connectivity index (χ4n) is 4.18. The summed E-state index contributed by atoms with van der Waals surface area (Å²) in [7, 11) is -3.68. The molecule has 1 aromatic heterocycles. The molecule has 1 atom stereocenters. The van der Waals surface area contributed by atoms with Crippen molar-refractivity contribution in [3.05, 3.63) is 106 Å². The maximum absolute atomic E-state index is 13.7. The van der Waals surface area contributed by atoms with E-state index >= 15 is 0 Å². The molecule has 0 N–H and O–H groups in total. The number of halogens is 1. The van der Waals surface area contributed by atoms with Crippen LogP contribution >= 0.6 is 15.9 Å². The zero-order valence-electron chi connectivity index (χ0n) is 17.0. The molecule has 4 aromatic rings. The van der Waals surface area contributed by atoms with E-state index in [9.17, 15) is 8.42 Å². The molecule has 1 unspecified atom stereocenters. The Kier molecular flexibility index (Phi) is 5.16. The molecule has 0 spiro atoms. The van der Waals surface area contributed by atoms with E-state index in [2.05, 4.69) is 22.0 Å². The van der Waals surface area contributed by atoms with E-state index in [1.54, 1.807) is 16.4 Å². The quantitative estimate of drug-likeness (QED) is 0.362. The van der Waals surface area contributed by atoms with Crippen molar-refractivity contribution in [2.24, 2.45) is 0 Å². The van der Waals surface area contributed by atoms with Gasteiger partial charge in [-0.1, -0.05) is 70.0 Å². The monoisotopic (exact) mass is 492 g/mol. The molecule has 0 fully saturated rings. The molecule has 6 heteroatoms. The van der Waals surface area contributed by atoms with E-state index in [4.69, 9.17) is 4.98 Å². The molecule has 2 heterocycles. The van der Waals surface area contributed by atoms with Gasteiger partial charge in [-0.05, 0) is 54.8 Å². The van der Waals surface area contributed by atoms with Crippen LogP contribution in [0, 0.1) is 6.92 Å². The lowest BCUT2D eigenvalue weighted by atomic mass is 10.0. The van der Waals surface area contributed by atoms with Gasteiger partial charge >= 0.3 is 0 Å². The predicted octanol–water partition coefficient (Wildman–Crippen LogP) is 5.79. The van der Waals surface area contributed by atoms with Crippen LogP contribution in [0.3, 0.4) is 0 Å². The highest BCUT2D eigenvalue weighted by atomic mass is 79.9. The molecular formula is C25H21BrN2O2S. The van der Waals surface area contributed by atoms with Crippen molar-refractivity contribution < 1.29 is 8.42 Å². The smallest absolute Gasteiger partial charge is 0.244 e. The second-order valence-corrected chi connectivity index (χ2v) is 10.7. The van der Waals surface area contributed by atoms with Gasteiger partial charge in [0.25, 0.3) is 0 Å². The molecule has 0 saturated heterocycles. The Morgan fingerprint density at radius 2 is 1.74 bits per heavy atom. The number of nitrogens with zero attached hydrogens (tertiary/aromatic N) is 2. The minimum atomic E-state index is -3.68. The fourth-order valence-corrected chi connectivity index (χ4v) is 6.22. The van der Waals surface area contributed by atoms with Gasteiger partial charge in [0.2, 0.25) is 10.0 Å². The molecule has 0 amide bonds. The van der Waals surface area contributed by atoms with Crippen molar-refractivity contribution in [3.8, 4) is 0 Å². The number of aromatic nitrogens is 1. The number of fused-ring (bicyclic) bond motifs is 2. The lowest BCUT2D eigenvalue weighted by Gasteiger charge is -2.24. The highest BCUT2D eigenvalue weighted by molar-refractivity contribution is 9.10. The molecule has 3 aromatic carbocycles. The molecule has 0 bridgehead atoms. The Hall–Kier alpha value is -2.54. The molecule has 4 nitrogen and oxygen atoms in total. The Morgan fingerprint density at radius 1 is 1.00 bits per heavy atom. The molecule has 0 radical (unpaired) electrons. The van der Waals surface area contributed by atoms with Crippen LogP contribution in [0.5, 0.6) is 0 Å². The Morgan fingerprint density at radius 3 is 2.48 bits per heavy atom. The third kappa shape index (κ3) is 3.69. The van der Waals surface area contributed by atoms with E-state index in [0.717, 1.165) is 37.8 Å². The summed E-state index contributed by atoms with van der Waals surface area (Å²) in [5, 5.41) is 0.995. The zero-order valence-corrected chi connectivity index (χ0v) is 19.4. The summed E-state index contributed by atoms with van der Waals surface area (Å²) in [6.45, 7) is 2.26. The summed E-state index contributed by atoms with van der Waals surface area (Å²) in [4.78, 5) is 5.24. The van der Waals surface area contributed by atoms with Crippen LogP contribution in [-0.2, 0) is 23.0 Å². The molecular weight excluding hydrogens is 472 g/mol. The highest BCUT2D eigenvalue weighted by Gasteiger charge is 2.40. The third-order valence-electron chi connectivity index (χ3n) is 5.81. The summed E-state index contributed by atoms with van der Waals surface area (Å²) in [5.74, 6) is 0. The van der Waals surface area contributed by atoms with Gasteiger partial charge in [0.1, 0.15) is 0 Å². The van der Waals surface area contributed by atoms with Crippen LogP contribution in [0.25, 0.3) is 10.9 Å². The summed E-state index contributed by atoms with van der Waals surface area (Å²) < 4.78 is 29.9. The van der Waals surface area contributed by atoms with E-state index in [1.165, 1.54) is 0 Å². The summed E-state index contributed by atoms with van der Waals surface area (Å²) in [6.07, 6.45) is 0.575. The van der Waals surface area contributed by atoms with Gasteiger partial charge < -0.3 is 0 Å². The van der Waals surface area contributed by atoms with Crippen molar-refractivity contribution in [2.75, 3.05) is 0 Å². The van der Waals surface area contributed by atoms with Gasteiger partial charge in [-0.3, -0.25) is 4.98 Å². The Labute approximate surface area is 190 Å². The first-order valence-corrected chi connectivity index (χ1v) is 12.4. The predicted molar refractivity (Wildman–Crippen MR) is 126 cm³/mol. The van der Waals surface area contributed by atoms with Crippen LogP contribution in [0.4, 0.5) is 0 Å². The molecule has 156 valence electrons. The SMILES string of the molecule is Cc1ccc(S(=O)(=O)N2Cc3cc4c(Br)cccc4nc3C2Cc2ccccc2)cc1. The maximum Gasteiger partial charge on any atom is 0.244 e. The molecule has 1 aliphatic heterocycles. The van der Waals surface area contributed by atoms with Gasteiger partial charge in [-0.2, -0.15) is 4.31 Å². The van der Waals surface area contributed by atoms with Crippen LogP contribution in [0.2, 0.25) is 0 Å². The first-order valence-electron chi connectivity index (χ1n) is 10.1. The van der Waals surface area contributed by atoms with Crippen LogP contribution in [0.15, 0.2) is 88.2 Å². The highest BCUT2D eigenvalue weighted by Crippen LogP contribution is 2.41. The number of aryl methyl sites for hydroxylation is 1. The van der Waals surface area contributed by atoms with Crippen molar-refractivity contribution in [1.29, 1.82) is 0 Å². The summed E-state index contributed by atoms with van der Waals surface area (Å²) in [5.41, 5.74) is 4.77. The fraction of sp³-hybridized carbons (Fsp3) is 0.160. The summed E-state index contributed by atoms with van der Waals surface area (Å²) >= 11 is 3.60. The van der Waals surface area contributed by atoms with Crippen LogP contribution in [-0.4, -0.2) is 17.7 Å². The third-order valence-corrected chi connectivity index (χ3v) is 8.37. The van der Waals surface area contributed by atoms with Crippen molar-refractivity contribution >= 4 is 36.9 Å². The molecule has 0 aliphatic carbocycles. The average Bonchev–Trinajstić information content (AvgIpc) is 3.12. The van der Waals surface area contributed by atoms with Gasteiger partial charge in [-0.25, -0.2) is 8.42 Å². The number of benzene rings is 3. The average molecular weight is 493 g/mol. The van der Waals surface area contributed by atoms with Gasteiger partial charge in [0.05, 0.1) is 22.1 Å². The zero-order chi connectivity index (χ0) is 21.6. The van der Waals surface area contributed by atoms with E-state index in [-0.39, 0.29) is 6.04 Å². The van der Waals surface area contributed by atoms with Gasteiger partial charge in [0, 0.05) is 16.4 Å². The van der Waals surface area contributed by atoms with Crippen molar-refractivity contribution in [3.63, 3.8) is 0 Å². The topological polar surface area (TPSA) is 50.3 Å². The van der Waals surface area contributed by atoms with Crippen molar-refractivity contribution in [2.45, 2.75) is 30.8 Å². The largest absolute Gasteiger partial charge is 0.251 e.